The van der Waals surface area contributed by atoms with Crippen LogP contribution >= 0.6 is 0 Å². The van der Waals surface area contributed by atoms with Gasteiger partial charge in [0, 0.05) is 5.56 Å². The van der Waals surface area contributed by atoms with Gasteiger partial charge in [0.05, 0.1) is 12.8 Å². The Kier molecular flexibility index (Phi) is 6.66. The monoisotopic (exact) mass is 494 g/mol. The van der Waals surface area contributed by atoms with Gasteiger partial charge in [-0.05, 0) is 46.1 Å². The van der Waals surface area contributed by atoms with Gasteiger partial charge in [-0.3, -0.25) is 4.79 Å². The van der Waals surface area contributed by atoms with Crippen molar-refractivity contribution in [3.8, 4) is 34.0 Å². The van der Waals surface area contributed by atoms with Gasteiger partial charge >= 0.3 is 0 Å². The van der Waals surface area contributed by atoms with Crippen LogP contribution in [0, 0.1) is 0 Å². The van der Waals surface area contributed by atoms with Crippen molar-refractivity contribution in [1.29, 1.82) is 0 Å². The summed E-state index contributed by atoms with van der Waals surface area (Å²) in [5.41, 5.74) is 12.3. The van der Waals surface area contributed by atoms with Crippen LogP contribution in [0.15, 0.2) is 88.6 Å². The van der Waals surface area contributed by atoms with Crippen molar-refractivity contribution in [2.24, 2.45) is 5.10 Å². The molecule has 0 atom stereocenters. The number of rotatable bonds is 8. The summed E-state index contributed by atoms with van der Waals surface area (Å²) < 4.78 is 11.6. The van der Waals surface area contributed by atoms with Crippen LogP contribution in [0.2, 0.25) is 0 Å². The van der Waals surface area contributed by atoms with Crippen LogP contribution in [-0.2, 0) is 0 Å². The highest BCUT2D eigenvalue weighted by atomic mass is 16.6. The maximum Gasteiger partial charge on any atom is 0.294 e. The second-order valence-corrected chi connectivity index (χ2v) is 7.82. The molecule has 2 aromatic heterocycles. The maximum absolute atomic E-state index is 13.1. The van der Waals surface area contributed by atoms with Gasteiger partial charge in [-0.15, -0.1) is 5.10 Å². The quantitative estimate of drug-likeness (QED) is 0.245. The van der Waals surface area contributed by atoms with E-state index in [0.717, 1.165) is 16.7 Å². The van der Waals surface area contributed by atoms with E-state index in [0.29, 0.717) is 23.6 Å². The molecule has 0 fully saturated rings. The molecular formula is C26H22N8O3. The number of anilines is 1. The van der Waals surface area contributed by atoms with Gasteiger partial charge in [0.1, 0.15) is 11.4 Å². The zero-order valence-corrected chi connectivity index (χ0v) is 19.8. The Balaban J connectivity index is 1.40. The van der Waals surface area contributed by atoms with E-state index in [1.165, 1.54) is 4.68 Å². The molecule has 3 aromatic carbocycles. The summed E-state index contributed by atoms with van der Waals surface area (Å²) in [6.07, 6.45) is 1.55. The summed E-state index contributed by atoms with van der Waals surface area (Å²) in [6, 6.07) is 25.0. The van der Waals surface area contributed by atoms with E-state index in [9.17, 15) is 4.79 Å². The fraction of sp³-hybridized carbons (Fsp3) is 0.0769. The van der Waals surface area contributed by atoms with E-state index in [4.69, 9.17) is 15.1 Å². The summed E-state index contributed by atoms with van der Waals surface area (Å²) in [5, 5.41) is 19.6. The summed E-state index contributed by atoms with van der Waals surface area (Å²) in [5.74, 6) is 0.138. The van der Waals surface area contributed by atoms with Gasteiger partial charge in [-0.25, -0.2) is 10.1 Å². The third kappa shape index (κ3) is 5.05. The number of nitrogen functional groups attached to an aromatic ring is 1. The van der Waals surface area contributed by atoms with Gasteiger partial charge in [0.15, 0.2) is 5.69 Å². The zero-order valence-electron chi connectivity index (χ0n) is 19.8. The molecule has 5 rings (SSSR count). The topological polar surface area (TPSA) is 146 Å². The predicted octanol–water partition coefficient (Wildman–Crippen LogP) is 3.73. The molecule has 5 aromatic rings. The number of aromatic nitrogens is 5. The number of hydrogen-bond acceptors (Lipinski definition) is 9. The molecule has 3 N–H and O–H groups in total. The summed E-state index contributed by atoms with van der Waals surface area (Å²) in [4.78, 5) is 13.1. The highest BCUT2D eigenvalue weighted by molar-refractivity contribution is 5.99. The number of ether oxygens (including phenoxy) is 1. The molecule has 0 spiro atoms. The molecule has 1 amide bonds. The molecule has 0 saturated carbocycles. The molecule has 0 radical (unpaired) electrons. The Hall–Kier alpha value is -5.32. The SMILES string of the molecule is CCOc1cccc(-c2c(C(=O)N/N=C\c3ccc(-c4ccccc4)cc3)nnn2-c2nonc2N)c1. The van der Waals surface area contributed by atoms with Crippen LogP contribution in [0.3, 0.4) is 0 Å². The van der Waals surface area contributed by atoms with Gasteiger partial charge in [0.25, 0.3) is 5.91 Å². The lowest BCUT2D eigenvalue weighted by Crippen LogP contribution is -2.19. The summed E-state index contributed by atoms with van der Waals surface area (Å²) in [6.45, 7) is 2.36. The molecule has 0 unspecified atom stereocenters. The Labute approximate surface area is 211 Å². The van der Waals surface area contributed by atoms with E-state index in [2.05, 4.69) is 31.2 Å². The van der Waals surface area contributed by atoms with Gasteiger partial charge in [-0.2, -0.15) is 9.78 Å². The smallest absolute Gasteiger partial charge is 0.294 e. The van der Waals surface area contributed by atoms with Crippen molar-refractivity contribution in [2.45, 2.75) is 6.92 Å². The van der Waals surface area contributed by atoms with Crippen LogP contribution in [0.5, 0.6) is 5.75 Å². The van der Waals surface area contributed by atoms with E-state index in [1.54, 1.807) is 30.5 Å². The number of benzene rings is 3. The molecule has 0 saturated heterocycles. The molecule has 184 valence electrons. The number of nitrogens with one attached hydrogen (secondary N) is 1. The number of carbonyl (C=O) groups is 1. The Morgan fingerprint density at radius 3 is 2.51 bits per heavy atom. The fourth-order valence-corrected chi connectivity index (χ4v) is 3.69. The first-order chi connectivity index (χ1) is 18.1. The van der Waals surface area contributed by atoms with E-state index < -0.39 is 5.91 Å². The maximum atomic E-state index is 13.1. The molecule has 11 heteroatoms. The number of amides is 1. The van der Waals surface area contributed by atoms with Crippen molar-refractivity contribution >= 4 is 17.9 Å². The van der Waals surface area contributed by atoms with Crippen molar-refractivity contribution in [3.63, 3.8) is 0 Å². The third-order valence-corrected chi connectivity index (χ3v) is 5.40. The number of hydrazone groups is 1. The molecule has 37 heavy (non-hydrogen) atoms. The lowest BCUT2D eigenvalue weighted by atomic mass is 10.0. The van der Waals surface area contributed by atoms with Crippen molar-refractivity contribution in [3.05, 3.63) is 90.1 Å². The molecule has 0 aliphatic heterocycles. The molecule has 2 heterocycles. The minimum absolute atomic E-state index is 0.00367. The van der Waals surface area contributed by atoms with E-state index in [1.807, 2.05) is 61.5 Å². The van der Waals surface area contributed by atoms with Crippen LogP contribution in [0.4, 0.5) is 5.82 Å². The molecule has 0 aliphatic carbocycles. The Morgan fingerprint density at radius 2 is 1.78 bits per heavy atom. The van der Waals surface area contributed by atoms with Crippen molar-refractivity contribution in [1.82, 2.24) is 30.7 Å². The van der Waals surface area contributed by atoms with Crippen LogP contribution in [0.25, 0.3) is 28.2 Å². The second-order valence-electron chi connectivity index (χ2n) is 7.82. The van der Waals surface area contributed by atoms with Gasteiger partial charge in [-0.1, -0.05) is 71.9 Å². The normalized spacial score (nSPS) is 11.1. The van der Waals surface area contributed by atoms with E-state index >= 15 is 0 Å². The number of nitrogens with two attached hydrogens (primary N) is 1. The van der Waals surface area contributed by atoms with Crippen LogP contribution in [-0.4, -0.2) is 44.0 Å². The highest BCUT2D eigenvalue weighted by Crippen LogP contribution is 2.29. The number of hydrogen-bond donors (Lipinski definition) is 2. The average molecular weight is 495 g/mol. The number of carbonyl (C=O) groups excluding carboxylic acids is 1. The minimum Gasteiger partial charge on any atom is -0.494 e. The first-order valence-electron chi connectivity index (χ1n) is 11.4. The summed E-state index contributed by atoms with van der Waals surface area (Å²) in [7, 11) is 0. The van der Waals surface area contributed by atoms with Crippen LogP contribution in [0.1, 0.15) is 23.0 Å². The first kappa shape index (κ1) is 23.4. The predicted molar refractivity (Wildman–Crippen MR) is 137 cm³/mol. The average Bonchev–Trinajstić information content (AvgIpc) is 3.56. The zero-order chi connectivity index (χ0) is 25.6. The molecular weight excluding hydrogens is 472 g/mol. The fourth-order valence-electron chi connectivity index (χ4n) is 3.69. The van der Waals surface area contributed by atoms with Crippen molar-refractivity contribution < 1.29 is 14.2 Å². The van der Waals surface area contributed by atoms with E-state index in [-0.39, 0.29) is 17.3 Å². The van der Waals surface area contributed by atoms with Gasteiger partial charge < -0.3 is 10.5 Å². The Morgan fingerprint density at radius 1 is 1.03 bits per heavy atom. The first-order valence-corrected chi connectivity index (χ1v) is 11.4. The largest absolute Gasteiger partial charge is 0.494 e. The number of nitrogens with zero attached hydrogens (tertiary/aromatic N) is 6. The van der Waals surface area contributed by atoms with Crippen LogP contribution < -0.4 is 15.9 Å². The minimum atomic E-state index is -0.574. The highest BCUT2D eigenvalue weighted by Gasteiger charge is 2.25. The Bertz CT molecular complexity index is 1540. The summed E-state index contributed by atoms with van der Waals surface area (Å²) >= 11 is 0. The second kappa shape index (κ2) is 10.5. The van der Waals surface area contributed by atoms with Gasteiger partial charge in [0.2, 0.25) is 11.6 Å². The lowest BCUT2D eigenvalue weighted by molar-refractivity contribution is 0.0950. The standard InChI is InChI=1S/C26H22N8O3/c1-2-36-21-10-6-9-20(15-21)23-22(29-33-34(23)25-24(27)31-37-32-25)26(35)30-28-16-17-11-13-19(14-12-17)18-7-4-3-5-8-18/h3-16H,2H2,1H3,(H2,27,31)(H,30,35)/b28-16-. The molecule has 11 nitrogen and oxygen atoms in total. The lowest BCUT2D eigenvalue weighted by Gasteiger charge is -2.08. The third-order valence-electron chi connectivity index (χ3n) is 5.40. The molecule has 0 aliphatic rings. The van der Waals surface area contributed by atoms with Crippen molar-refractivity contribution in [2.75, 3.05) is 12.3 Å². The molecule has 0 bridgehead atoms.